The van der Waals surface area contributed by atoms with Gasteiger partial charge in [-0.2, -0.15) is 10.2 Å². The third kappa shape index (κ3) is 3.86. The van der Waals surface area contributed by atoms with Crippen LogP contribution < -0.4 is 5.32 Å². The monoisotopic (exact) mass is 277 g/mol. The normalized spacial score (nSPS) is 11.4. The number of nitrogens with one attached hydrogen (secondary N) is 1. The predicted octanol–water partition coefficient (Wildman–Crippen LogP) is 1.07. The second-order valence-corrected chi connectivity index (χ2v) is 5.26. The summed E-state index contributed by atoms with van der Waals surface area (Å²) in [6.45, 7) is 9.68. The molecule has 0 saturated heterocycles. The highest BCUT2D eigenvalue weighted by Crippen LogP contribution is 2.02. The van der Waals surface area contributed by atoms with Gasteiger partial charge in [0.15, 0.2) is 0 Å². The molecule has 2 aromatic rings. The highest BCUT2D eigenvalue weighted by Gasteiger charge is 2.09. The molecule has 0 saturated carbocycles. The van der Waals surface area contributed by atoms with Gasteiger partial charge in [0.2, 0.25) is 0 Å². The zero-order chi connectivity index (χ0) is 14.4. The molecule has 2 rings (SSSR count). The summed E-state index contributed by atoms with van der Waals surface area (Å²) in [6, 6.07) is 0. The van der Waals surface area contributed by atoms with E-state index < -0.39 is 0 Å². The molecule has 0 aliphatic carbocycles. The first-order valence-corrected chi connectivity index (χ1v) is 7.14. The first kappa shape index (κ1) is 14.6. The maximum atomic E-state index is 4.30. The summed E-state index contributed by atoms with van der Waals surface area (Å²) in [5.41, 5.74) is 0. The Balaban J connectivity index is 1.99. The van der Waals surface area contributed by atoms with Crippen LogP contribution in [0, 0.1) is 5.92 Å². The number of hydrogen-bond donors (Lipinski definition) is 1. The van der Waals surface area contributed by atoms with Gasteiger partial charge < -0.3 is 5.32 Å². The standard InChI is InChI=1S/C13H23N7/c1-4-5-19-13(16-10-17-19)8-20-12(15-9-18-20)7-14-6-11(2)3/h9-11,14H,4-8H2,1-3H3. The summed E-state index contributed by atoms with van der Waals surface area (Å²) < 4.78 is 3.80. The first-order valence-electron chi connectivity index (χ1n) is 7.14. The minimum absolute atomic E-state index is 0.610. The molecule has 7 heteroatoms. The van der Waals surface area contributed by atoms with Crippen LogP contribution in [0.5, 0.6) is 0 Å². The van der Waals surface area contributed by atoms with E-state index >= 15 is 0 Å². The molecule has 110 valence electrons. The third-order valence-electron chi connectivity index (χ3n) is 2.95. The van der Waals surface area contributed by atoms with Crippen LogP contribution in [-0.2, 0) is 19.6 Å². The van der Waals surface area contributed by atoms with Crippen LogP contribution in [0.25, 0.3) is 0 Å². The number of rotatable bonds is 8. The van der Waals surface area contributed by atoms with E-state index in [9.17, 15) is 0 Å². The molecule has 7 nitrogen and oxygen atoms in total. The predicted molar refractivity (Wildman–Crippen MR) is 76.0 cm³/mol. The lowest BCUT2D eigenvalue weighted by Gasteiger charge is -2.09. The highest BCUT2D eigenvalue weighted by molar-refractivity contribution is 4.91. The Morgan fingerprint density at radius 2 is 1.80 bits per heavy atom. The van der Waals surface area contributed by atoms with Gasteiger partial charge in [-0.1, -0.05) is 20.8 Å². The fraction of sp³-hybridized carbons (Fsp3) is 0.692. The van der Waals surface area contributed by atoms with Gasteiger partial charge >= 0.3 is 0 Å². The Bertz CT molecular complexity index is 514. The molecule has 2 aromatic heterocycles. The second kappa shape index (κ2) is 7.14. The van der Waals surface area contributed by atoms with E-state index in [0.29, 0.717) is 12.5 Å². The largest absolute Gasteiger partial charge is 0.310 e. The lowest BCUT2D eigenvalue weighted by molar-refractivity contribution is 0.503. The molecular weight excluding hydrogens is 254 g/mol. The van der Waals surface area contributed by atoms with Crippen LogP contribution in [0.3, 0.4) is 0 Å². The number of aromatic nitrogens is 6. The number of nitrogens with zero attached hydrogens (tertiary/aromatic N) is 6. The van der Waals surface area contributed by atoms with E-state index in [-0.39, 0.29) is 0 Å². The quantitative estimate of drug-likeness (QED) is 0.781. The zero-order valence-corrected chi connectivity index (χ0v) is 12.5. The Labute approximate surface area is 119 Å². The molecule has 20 heavy (non-hydrogen) atoms. The molecule has 0 amide bonds. The first-order chi connectivity index (χ1) is 9.70. The average Bonchev–Trinajstić information content (AvgIpc) is 3.01. The van der Waals surface area contributed by atoms with Crippen LogP contribution in [0.1, 0.15) is 38.8 Å². The highest BCUT2D eigenvalue weighted by atomic mass is 15.4. The second-order valence-electron chi connectivity index (χ2n) is 5.26. The van der Waals surface area contributed by atoms with E-state index in [0.717, 1.165) is 37.7 Å². The SMILES string of the molecule is CCCn1ncnc1Cn1ncnc1CNCC(C)C. The van der Waals surface area contributed by atoms with Crippen molar-refractivity contribution in [3.8, 4) is 0 Å². The molecular formula is C13H23N7. The minimum Gasteiger partial charge on any atom is -0.310 e. The Kier molecular flexibility index (Phi) is 5.23. The summed E-state index contributed by atoms with van der Waals surface area (Å²) in [5, 5.41) is 11.9. The summed E-state index contributed by atoms with van der Waals surface area (Å²) in [5.74, 6) is 2.47. The van der Waals surface area contributed by atoms with Crippen molar-refractivity contribution in [3.63, 3.8) is 0 Å². The summed E-state index contributed by atoms with van der Waals surface area (Å²) in [7, 11) is 0. The van der Waals surface area contributed by atoms with Gasteiger partial charge in [0.05, 0.1) is 6.54 Å². The van der Waals surface area contributed by atoms with Crippen LogP contribution in [-0.4, -0.2) is 36.1 Å². The van der Waals surface area contributed by atoms with Crippen molar-refractivity contribution in [1.82, 2.24) is 34.8 Å². The molecule has 0 spiro atoms. The van der Waals surface area contributed by atoms with Crippen molar-refractivity contribution in [2.75, 3.05) is 6.54 Å². The molecule has 1 N–H and O–H groups in total. The fourth-order valence-corrected chi connectivity index (χ4v) is 1.97. The van der Waals surface area contributed by atoms with E-state index in [1.807, 2.05) is 9.36 Å². The third-order valence-corrected chi connectivity index (χ3v) is 2.95. The van der Waals surface area contributed by atoms with Gasteiger partial charge in [0, 0.05) is 6.54 Å². The molecule has 0 aliphatic rings. The molecule has 2 heterocycles. The Morgan fingerprint density at radius 1 is 1.10 bits per heavy atom. The van der Waals surface area contributed by atoms with Crippen molar-refractivity contribution in [2.45, 2.75) is 46.8 Å². The van der Waals surface area contributed by atoms with E-state index in [2.05, 4.69) is 46.3 Å². The van der Waals surface area contributed by atoms with Gasteiger partial charge in [-0.15, -0.1) is 0 Å². The van der Waals surface area contributed by atoms with Crippen LogP contribution in [0.15, 0.2) is 12.7 Å². The number of hydrogen-bond acceptors (Lipinski definition) is 5. The van der Waals surface area contributed by atoms with Crippen molar-refractivity contribution in [3.05, 3.63) is 24.3 Å². The molecule has 0 radical (unpaired) electrons. The summed E-state index contributed by atoms with van der Waals surface area (Å²) >= 11 is 0. The lowest BCUT2D eigenvalue weighted by Crippen LogP contribution is -2.22. The van der Waals surface area contributed by atoms with E-state index in [1.54, 1.807) is 12.7 Å². The van der Waals surface area contributed by atoms with Gasteiger partial charge in [-0.3, -0.25) is 0 Å². The fourth-order valence-electron chi connectivity index (χ4n) is 1.97. The summed E-state index contributed by atoms with van der Waals surface area (Å²) in [4.78, 5) is 8.60. The molecule has 0 aromatic carbocycles. The average molecular weight is 277 g/mol. The van der Waals surface area contributed by atoms with E-state index in [1.165, 1.54) is 0 Å². The van der Waals surface area contributed by atoms with Crippen molar-refractivity contribution in [2.24, 2.45) is 5.92 Å². The van der Waals surface area contributed by atoms with E-state index in [4.69, 9.17) is 0 Å². The van der Waals surface area contributed by atoms with Gasteiger partial charge in [0.1, 0.15) is 30.8 Å². The van der Waals surface area contributed by atoms with Crippen molar-refractivity contribution >= 4 is 0 Å². The van der Waals surface area contributed by atoms with Gasteiger partial charge in [-0.25, -0.2) is 19.3 Å². The molecule has 0 fully saturated rings. The molecule has 0 bridgehead atoms. The maximum Gasteiger partial charge on any atom is 0.148 e. The maximum absolute atomic E-state index is 4.30. The molecule has 0 atom stereocenters. The number of aryl methyl sites for hydroxylation is 1. The van der Waals surface area contributed by atoms with Crippen LogP contribution in [0.2, 0.25) is 0 Å². The van der Waals surface area contributed by atoms with Crippen molar-refractivity contribution in [1.29, 1.82) is 0 Å². The van der Waals surface area contributed by atoms with Crippen LogP contribution in [0.4, 0.5) is 0 Å². The van der Waals surface area contributed by atoms with Crippen LogP contribution >= 0.6 is 0 Å². The lowest BCUT2D eigenvalue weighted by atomic mass is 10.2. The zero-order valence-electron chi connectivity index (χ0n) is 12.5. The molecule has 0 aliphatic heterocycles. The summed E-state index contributed by atoms with van der Waals surface area (Å²) in [6.07, 6.45) is 4.22. The smallest absolute Gasteiger partial charge is 0.148 e. The van der Waals surface area contributed by atoms with Gasteiger partial charge in [0.25, 0.3) is 0 Å². The van der Waals surface area contributed by atoms with Gasteiger partial charge in [-0.05, 0) is 18.9 Å². The Hall–Kier alpha value is -1.76. The topological polar surface area (TPSA) is 73.5 Å². The molecule has 0 unspecified atom stereocenters. The Morgan fingerprint density at radius 3 is 2.50 bits per heavy atom. The van der Waals surface area contributed by atoms with Crippen molar-refractivity contribution < 1.29 is 0 Å². The minimum atomic E-state index is 0.610.